The third-order valence-electron chi connectivity index (χ3n) is 2.27. The van der Waals surface area contributed by atoms with Crippen molar-refractivity contribution in [2.24, 2.45) is 0 Å². The molecule has 1 aromatic heterocycles. The van der Waals surface area contributed by atoms with Crippen molar-refractivity contribution in [1.29, 1.82) is 0 Å². The molecule has 1 aromatic rings. The Hall–Kier alpha value is -0.890. The summed E-state index contributed by atoms with van der Waals surface area (Å²) in [6.45, 7) is 0. The van der Waals surface area contributed by atoms with Gasteiger partial charge in [-0.05, 0) is 52.8 Å². The molecular weight excluding hydrogens is 168 g/mol. The summed E-state index contributed by atoms with van der Waals surface area (Å²) in [6, 6.07) is 2.09. The largest absolute Gasteiger partial charge is 0.298 e. The van der Waals surface area contributed by atoms with Crippen molar-refractivity contribution in [3.63, 3.8) is 0 Å². The summed E-state index contributed by atoms with van der Waals surface area (Å²) < 4.78 is 0. The number of aldehydes is 1. The maximum atomic E-state index is 10.7. The van der Waals surface area contributed by atoms with Crippen molar-refractivity contribution in [1.82, 2.24) is 0 Å². The van der Waals surface area contributed by atoms with Crippen molar-refractivity contribution in [3.05, 3.63) is 28.0 Å². The van der Waals surface area contributed by atoms with E-state index in [-0.39, 0.29) is 0 Å². The van der Waals surface area contributed by atoms with E-state index in [9.17, 15) is 4.79 Å². The van der Waals surface area contributed by atoms with Crippen LogP contribution < -0.4 is 0 Å². The van der Waals surface area contributed by atoms with E-state index < -0.39 is 0 Å². The molecule has 0 amide bonds. The minimum Gasteiger partial charge on any atom is -0.298 e. The molecule has 0 aliphatic heterocycles. The lowest BCUT2D eigenvalue weighted by atomic mass is 10.1. The molecule has 12 heavy (non-hydrogen) atoms. The molecule has 0 atom stereocenters. The maximum Gasteiger partial charge on any atom is 0.146 e. The highest BCUT2D eigenvalue weighted by molar-refractivity contribution is 7.08. The van der Waals surface area contributed by atoms with Gasteiger partial charge in [-0.25, -0.2) is 0 Å². The number of carbonyl (C=O) groups excluding carboxylic acids is 1. The average Bonchev–Trinajstić information content (AvgIpc) is 2.74. The molecular formula is C10H10OS. The van der Waals surface area contributed by atoms with Gasteiger partial charge in [0.2, 0.25) is 0 Å². The SMILES string of the molecule is O=CC1=C(c2ccsc2)CCC1. The predicted octanol–water partition coefficient (Wildman–Crippen LogP) is 2.88. The zero-order chi connectivity index (χ0) is 8.39. The van der Waals surface area contributed by atoms with Gasteiger partial charge in [0.05, 0.1) is 0 Å². The van der Waals surface area contributed by atoms with E-state index in [4.69, 9.17) is 0 Å². The molecule has 62 valence electrons. The lowest BCUT2D eigenvalue weighted by molar-refractivity contribution is -0.104. The van der Waals surface area contributed by atoms with Crippen LogP contribution in [0, 0.1) is 0 Å². The van der Waals surface area contributed by atoms with Crippen LogP contribution in [0.25, 0.3) is 5.57 Å². The normalized spacial score (nSPS) is 17.0. The fourth-order valence-electron chi connectivity index (χ4n) is 1.66. The minimum atomic E-state index is 0.967. The van der Waals surface area contributed by atoms with Gasteiger partial charge in [0.1, 0.15) is 6.29 Å². The number of allylic oxidation sites excluding steroid dienone is 2. The van der Waals surface area contributed by atoms with E-state index in [2.05, 4.69) is 16.8 Å². The predicted molar refractivity (Wildman–Crippen MR) is 51.2 cm³/mol. The second-order valence-corrected chi connectivity index (χ2v) is 3.77. The number of rotatable bonds is 2. The summed E-state index contributed by atoms with van der Waals surface area (Å²) in [6.07, 6.45) is 4.19. The minimum absolute atomic E-state index is 0.967. The van der Waals surface area contributed by atoms with Gasteiger partial charge >= 0.3 is 0 Å². The Kier molecular flexibility index (Phi) is 2.09. The van der Waals surface area contributed by atoms with E-state index in [1.165, 1.54) is 11.1 Å². The molecule has 0 radical (unpaired) electrons. The first-order valence-corrected chi connectivity index (χ1v) is 5.06. The zero-order valence-corrected chi connectivity index (χ0v) is 7.56. The number of hydrogen-bond acceptors (Lipinski definition) is 2. The van der Waals surface area contributed by atoms with Gasteiger partial charge < -0.3 is 0 Å². The van der Waals surface area contributed by atoms with Crippen LogP contribution in [0.5, 0.6) is 0 Å². The van der Waals surface area contributed by atoms with Gasteiger partial charge in [-0.2, -0.15) is 11.3 Å². The topological polar surface area (TPSA) is 17.1 Å². The Morgan fingerprint density at radius 3 is 3.00 bits per heavy atom. The van der Waals surface area contributed by atoms with Gasteiger partial charge in [-0.1, -0.05) is 0 Å². The van der Waals surface area contributed by atoms with Gasteiger partial charge in [-0.15, -0.1) is 0 Å². The second-order valence-electron chi connectivity index (χ2n) is 2.99. The van der Waals surface area contributed by atoms with E-state index >= 15 is 0 Å². The Bertz CT molecular complexity index is 309. The summed E-state index contributed by atoms with van der Waals surface area (Å²) >= 11 is 1.69. The summed E-state index contributed by atoms with van der Waals surface area (Å²) in [7, 11) is 0. The molecule has 1 aliphatic rings. The first-order chi connectivity index (χ1) is 5.92. The molecule has 0 aromatic carbocycles. The van der Waals surface area contributed by atoms with Crippen LogP contribution in [0.3, 0.4) is 0 Å². The summed E-state index contributed by atoms with van der Waals surface area (Å²) in [5.41, 5.74) is 3.53. The maximum absolute atomic E-state index is 10.7. The summed E-state index contributed by atoms with van der Waals surface area (Å²) in [5, 5.41) is 4.17. The average molecular weight is 178 g/mol. The fraction of sp³-hybridized carbons (Fsp3) is 0.300. The van der Waals surface area contributed by atoms with Crippen molar-refractivity contribution in [2.45, 2.75) is 19.3 Å². The number of carbonyl (C=O) groups is 1. The van der Waals surface area contributed by atoms with Crippen LogP contribution in [0.2, 0.25) is 0 Å². The van der Waals surface area contributed by atoms with E-state index in [1.807, 2.05) is 0 Å². The van der Waals surface area contributed by atoms with Crippen LogP contribution in [-0.4, -0.2) is 6.29 Å². The van der Waals surface area contributed by atoms with E-state index in [1.54, 1.807) is 11.3 Å². The quantitative estimate of drug-likeness (QED) is 0.636. The third-order valence-corrected chi connectivity index (χ3v) is 2.96. The van der Waals surface area contributed by atoms with Crippen molar-refractivity contribution in [2.75, 3.05) is 0 Å². The number of hydrogen-bond donors (Lipinski definition) is 0. The monoisotopic (exact) mass is 178 g/mol. The molecule has 0 fully saturated rings. The van der Waals surface area contributed by atoms with Gasteiger partial charge in [0.25, 0.3) is 0 Å². The van der Waals surface area contributed by atoms with Gasteiger partial charge in [-0.3, -0.25) is 4.79 Å². The second kappa shape index (κ2) is 3.23. The highest BCUT2D eigenvalue weighted by atomic mass is 32.1. The Morgan fingerprint density at radius 1 is 1.42 bits per heavy atom. The van der Waals surface area contributed by atoms with Crippen molar-refractivity contribution >= 4 is 23.2 Å². The Morgan fingerprint density at radius 2 is 2.33 bits per heavy atom. The smallest absolute Gasteiger partial charge is 0.146 e. The molecule has 2 rings (SSSR count). The molecule has 0 bridgehead atoms. The molecule has 1 aliphatic carbocycles. The molecule has 0 unspecified atom stereocenters. The molecule has 0 saturated heterocycles. The van der Waals surface area contributed by atoms with Crippen LogP contribution in [0.1, 0.15) is 24.8 Å². The molecule has 0 spiro atoms. The lowest BCUT2D eigenvalue weighted by Gasteiger charge is -1.97. The highest BCUT2D eigenvalue weighted by Crippen LogP contribution is 2.33. The molecule has 2 heteroatoms. The van der Waals surface area contributed by atoms with Crippen LogP contribution >= 0.6 is 11.3 Å². The Balaban J connectivity index is 2.39. The van der Waals surface area contributed by atoms with Crippen LogP contribution in [-0.2, 0) is 4.79 Å². The van der Waals surface area contributed by atoms with Crippen molar-refractivity contribution < 1.29 is 4.79 Å². The van der Waals surface area contributed by atoms with Crippen molar-refractivity contribution in [3.8, 4) is 0 Å². The lowest BCUT2D eigenvalue weighted by Crippen LogP contribution is -1.82. The first-order valence-electron chi connectivity index (χ1n) is 4.11. The molecule has 0 saturated carbocycles. The van der Waals surface area contributed by atoms with E-state index in [0.717, 1.165) is 31.1 Å². The van der Waals surface area contributed by atoms with Gasteiger partial charge in [0, 0.05) is 0 Å². The summed E-state index contributed by atoms with van der Waals surface area (Å²) in [4.78, 5) is 10.7. The third kappa shape index (κ3) is 1.23. The molecule has 1 heterocycles. The van der Waals surface area contributed by atoms with E-state index in [0.29, 0.717) is 0 Å². The highest BCUT2D eigenvalue weighted by Gasteiger charge is 2.15. The Labute approximate surface area is 75.7 Å². The molecule has 0 N–H and O–H groups in total. The fourth-order valence-corrected chi connectivity index (χ4v) is 2.33. The van der Waals surface area contributed by atoms with Gasteiger partial charge in [0.15, 0.2) is 0 Å². The van der Waals surface area contributed by atoms with Crippen LogP contribution in [0.15, 0.2) is 22.4 Å². The standard InChI is InChI=1S/C10H10OS/c11-6-8-2-1-3-10(8)9-4-5-12-7-9/h4-7H,1-3H2. The summed E-state index contributed by atoms with van der Waals surface area (Å²) in [5.74, 6) is 0. The molecule has 1 nitrogen and oxygen atoms in total. The first kappa shape index (κ1) is 7.74. The van der Waals surface area contributed by atoms with Crippen LogP contribution in [0.4, 0.5) is 0 Å². The zero-order valence-electron chi connectivity index (χ0n) is 6.75. The number of thiophene rings is 1.